The highest BCUT2D eigenvalue weighted by Gasteiger charge is 2.17. The lowest BCUT2D eigenvalue weighted by atomic mass is 10.1. The lowest BCUT2D eigenvalue weighted by Crippen LogP contribution is -2.23. The van der Waals surface area contributed by atoms with Gasteiger partial charge in [-0.15, -0.1) is 10.2 Å². The minimum absolute atomic E-state index is 0.0178. The van der Waals surface area contributed by atoms with Crippen LogP contribution in [0, 0.1) is 11.6 Å². The molecule has 1 heterocycles. The second-order valence-corrected chi connectivity index (χ2v) is 3.98. The van der Waals surface area contributed by atoms with Gasteiger partial charge in [-0.05, 0) is 17.3 Å². The molecule has 6 nitrogen and oxygen atoms in total. The van der Waals surface area contributed by atoms with Crippen LogP contribution in [0.5, 0.6) is 0 Å². The third kappa shape index (κ3) is 3.30. The van der Waals surface area contributed by atoms with Crippen molar-refractivity contribution in [1.82, 2.24) is 25.5 Å². The van der Waals surface area contributed by atoms with Crippen LogP contribution in [-0.2, 0) is 13.6 Å². The molecule has 1 aromatic carbocycles. The van der Waals surface area contributed by atoms with Gasteiger partial charge in [0.1, 0.15) is 11.6 Å². The number of aliphatic hydroxyl groups excluding tert-OH is 1. The van der Waals surface area contributed by atoms with E-state index in [2.05, 4.69) is 20.7 Å². The van der Waals surface area contributed by atoms with Gasteiger partial charge in [0.25, 0.3) is 0 Å². The zero-order valence-corrected chi connectivity index (χ0v) is 10.2. The number of nitrogens with zero attached hydrogens (tertiary/aromatic N) is 4. The van der Waals surface area contributed by atoms with Gasteiger partial charge >= 0.3 is 0 Å². The number of rotatable bonds is 5. The summed E-state index contributed by atoms with van der Waals surface area (Å²) in [5.41, 5.74) is -0.345. The molecule has 0 radical (unpaired) electrons. The van der Waals surface area contributed by atoms with Crippen LogP contribution >= 0.6 is 0 Å². The first-order chi connectivity index (χ1) is 9.08. The van der Waals surface area contributed by atoms with Crippen molar-refractivity contribution < 1.29 is 13.9 Å². The molecule has 0 aliphatic carbocycles. The van der Waals surface area contributed by atoms with E-state index in [0.29, 0.717) is 5.82 Å². The summed E-state index contributed by atoms with van der Waals surface area (Å²) in [5, 5.41) is 23.8. The Morgan fingerprint density at radius 1 is 1.37 bits per heavy atom. The van der Waals surface area contributed by atoms with Gasteiger partial charge in [0.05, 0.1) is 25.3 Å². The van der Waals surface area contributed by atoms with E-state index in [1.807, 2.05) is 0 Å². The van der Waals surface area contributed by atoms with Gasteiger partial charge in [0.15, 0.2) is 5.82 Å². The molecule has 2 aromatic rings. The number of hydrogen-bond donors (Lipinski definition) is 2. The summed E-state index contributed by atoms with van der Waals surface area (Å²) in [4.78, 5) is 1.30. The van der Waals surface area contributed by atoms with Crippen LogP contribution in [0.25, 0.3) is 0 Å². The van der Waals surface area contributed by atoms with E-state index >= 15 is 0 Å². The first-order valence-electron chi connectivity index (χ1n) is 5.63. The van der Waals surface area contributed by atoms with Gasteiger partial charge in [0.2, 0.25) is 0 Å². The summed E-state index contributed by atoms with van der Waals surface area (Å²) in [6.07, 6.45) is -1.28. The van der Waals surface area contributed by atoms with Crippen LogP contribution in [0.1, 0.15) is 17.5 Å². The normalized spacial score (nSPS) is 12.6. The lowest BCUT2D eigenvalue weighted by Gasteiger charge is -2.13. The topological polar surface area (TPSA) is 75.9 Å². The number of halogens is 2. The molecular formula is C11H13F2N5O. The molecule has 0 saturated carbocycles. The summed E-state index contributed by atoms with van der Waals surface area (Å²) in [7, 11) is 1.63. The molecule has 0 aliphatic heterocycles. The standard InChI is InChI=1S/C11H13F2N5O/c1-18-16-10(15-17-18)6-14-5-9(19)11-7(12)3-2-4-8(11)13/h2-4,9,14,19H,5-6H2,1H3. The molecule has 0 bridgehead atoms. The SMILES string of the molecule is Cn1nnc(CNCC(O)c2c(F)cccc2F)n1. The van der Waals surface area contributed by atoms with E-state index < -0.39 is 17.7 Å². The second-order valence-electron chi connectivity index (χ2n) is 3.98. The number of nitrogens with one attached hydrogen (secondary N) is 1. The maximum atomic E-state index is 13.4. The highest BCUT2D eigenvalue weighted by molar-refractivity contribution is 5.22. The van der Waals surface area contributed by atoms with Crippen LogP contribution in [0.2, 0.25) is 0 Å². The van der Waals surface area contributed by atoms with Crippen molar-refractivity contribution in [3.8, 4) is 0 Å². The van der Waals surface area contributed by atoms with E-state index in [1.165, 1.54) is 10.9 Å². The molecular weight excluding hydrogens is 256 g/mol. The van der Waals surface area contributed by atoms with Gasteiger partial charge in [-0.25, -0.2) is 8.78 Å². The fourth-order valence-electron chi connectivity index (χ4n) is 1.65. The smallest absolute Gasteiger partial charge is 0.188 e. The molecule has 0 spiro atoms. The molecule has 0 fully saturated rings. The van der Waals surface area contributed by atoms with Gasteiger partial charge in [-0.3, -0.25) is 0 Å². The third-order valence-electron chi connectivity index (χ3n) is 2.50. The molecule has 8 heteroatoms. The number of benzene rings is 1. The Hall–Kier alpha value is -1.93. The summed E-state index contributed by atoms with van der Waals surface area (Å²) in [6, 6.07) is 3.45. The average Bonchev–Trinajstić information content (AvgIpc) is 2.75. The largest absolute Gasteiger partial charge is 0.387 e. The molecule has 1 aromatic heterocycles. The Kier molecular flexibility index (Phi) is 4.13. The fourth-order valence-corrected chi connectivity index (χ4v) is 1.65. The summed E-state index contributed by atoms with van der Waals surface area (Å²) in [5.74, 6) is -1.11. The zero-order valence-electron chi connectivity index (χ0n) is 10.2. The van der Waals surface area contributed by atoms with Crippen LogP contribution < -0.4 is 5.32 Å². The molecule has 1 unspecified atom stereocenters. The van der Waals surface area contributed by atoms with E-state index in [0.717, 1.165) is 12.1 Å². The van der Waals surface area contributed by atoms with Gasteiger partial charge in [-0.1, -0.05) is 6.07 Å². The van der Waals surface area contributed by atoms with E-state index in [-0.39, 0.29) is 18.7 Å². The van der Waals surface area contributed by atoms with Crippen molar-refractivity contribution in [3.05, 3.63) is 41.2 Å². The molecule has 2 N–H and O–H groups in total. The van der Waals surface area contributed by atoms with Crippen molar-refractivity contribution in [2.75, 3.05) is 6.54 Å². The van der Waals surface area contributed by atoms with Crippen molar-refractivity contribution in [2.24, 2.45) is 7.05 Å². The summed E-state index contributed by atoms with van der Waals surface area (Å²) >= 11 is 0. The number of aryl methyl sites for hydroxylation is 1. The Morgan fingerprint density at radius 2 is 2.05 bits per heavy atom. The monoisotopic (exact) mass is 269 g/mol. The minimum Gasteiger partial charge on any atom is -0.387 e. The summed E-state index contributed by atoms with van der Waals surface area (Å²) in [6.45, 7) is 0.233. The number of tetrazole rings is 1. The lowest BCUT2D eigenvalue weighted by molar-refractivity contribution is 0.164. The van der Waals surface area contributed by atoms with Gasteiger partial charge in [-0.2, -0.15) is 4.80 Å². The highest BCUT2D eigenvalue weighted by atomic mass is 19.1. The number of hydrogen-bond acceptors (Lipinski definition) is 5. The van der Waals surface area contributed by atoms with Crippen LogP contribution in [-0.4, -0.2) is 31.9 Å². The first kappa shape index (κ1) is 13.5. The highest BCUT2D eigenvalue weighted by Crippen LogP contribution is 2.19. The predicted octanol–water partition coefficient (Wildman–Crippen LogP) is 0.311. The molecule has 1 atom stereocenters. The Bertz CT molecular complexity index is 540. The van der Waals surface area contributed by atoms with Crippen molar-refractivity contribution in [3.63, 3.8) is 0 Å². The van der Waals surface area contributed by atoms with Crippen molar-refractivity contribution in [1.29, 1.82) is 0 Å². The van der Waals surface area contributed by atoms with Crippen LogP contribution in [0.15, 0.2) is 18.2 Å². The van der Waals surface area contributed by atoms with E-state index in [4.69, 9.17) is 0 Å². The molecule has 0 saturated heterocycles. The minimum atomic E-state index is -1.28. The van der Waals surface area contributed by atoms with Crippen LogP contribution in [0.4, 0.5) is 8.78 Å². The maximum Gasteiger partial charge on any atom is 0.188 e. The number of aliphatic hydroxyl groups is 1. The Morgan fingerprint density at radius 3 is 2.63 bits per heavy atom. The van der Waals surface area contributed by atoms with Crippen molar-refractivity contribution in [2.45, 2.75) is 12.6 Å². The van der Waals surface area contributed by atoms with Crippen LogP contribution in [0.3, 0.4) is 0 Å². The zero-order chi connectivity index (χ0) is 13.8. The quantitative estimate of drug-likeness (QED) is 0.817. The molecule has 102 valence electrons. The molecule has 0 aliphatic rings. The average molecular weight is 269 g/mol. The third-order valence-corrected chi connectivity index (χ3v) is 2.50. The molecule has 19 heavy (non-hydrogen) atoms. The van der Waals surface area contributed by atoms with Gasteiger partial charge < -0.3 is 10.4 Å². The second kappa shape index (κ2) is 5.81. The van der Waals surface area contributed by atoms with E-state index in [9.17, 15) is 13.9 Å². The predicted molar refractivity (Wildman–Crippen MR) is 61.8 cm³/mol. The van der Waals surface area contributed by atoms with E-state index in [1.54, 1.807) is 7.05 Å². The Balaban J connectivity index is 1.92. The summed E-state index contributed by atoms with van der Waals surface area (Å²) < 4.78 is 26.8. The maximum absolute atomic E-state index is 13.4. The fraction of sp³-hybridized carbons (Fsp3) is 0.364. The van der Waals surface area contributed by atoms with Crippen molar-refractivity contribution >= 4 is 0 Å². The molecule has 2 rings (SSSR count). The number of aromatic nitrogens is 4. The molecule has 0 amide bonds. The van der Waals surface area contributed by atoms with Gasteiger partial charge in [0, 0.05) is 6.54 Å². The first-order valence-corrected chi connectivity index (χ1v) is 5.63. The Labute approximate surface area is 108 Å².